The maximum atomic E-state index is 14.0. The number of aromatic amines is 1. The van der Waals surface area contributed by atoms with Gasteiger partial charge in [0.15, 0.2) is 5.82 Å². The van der Waals surface area contributed by atoms with Gasteiger partial charge < -0.3 is 4.90 Å². The number of benzene rings is 1. The molecule has 2 heterocycles. The average Bonchev–Trinajstić information content (AvgIpc) is 3.16. The summed E-state index contributed by atoms with van der Waals surface area (Å²) in [7, 11) is 0. The number of halogens is 2. The normalized spacial score (nSPS) is 26.4. The molecule has 8 heteroatoms. The van der Waals surface area contributed by atoms with Gasteiger partial charge in [0.2, 0.25) is 5.91 Å². The van der Waals surface area contributed by atoms with Gasteiger partial charge >= 0.3 is 0 Å². The summed E-state index contributed by atoms with van der Waals surface area (Å²) < 4.78 is 14.0. The highest BCUT2D eigenvalue weighted by molar-refractivity contribution is 6.31. The monoisotopic (exact) mass is 349 g/mol. The summed E-state index contributed by atoms with van der Waals surface area (Å²) in [5, 5.41) is 14.5. The molecule has 2 fully saturated rings. The first-order valence-corrected chi connectivity index (χ1v) is 8.49. The molecular weight excluding hydrogens is 333 g/mol. The molecule has 1 saturated heterocycles. The van der Waals surface area contributed by atoms with E-state index in [4.69, 9.17) is 11.6 Å². The number of aromatic nitrogens is 4. The third-order valence-corrected chi connectivity index (χ3v) is 5.27. The third-order valence-electron chi connectivity index (χ3n) is 4.94. The molecule has 24 heavy (non-hydrogen) atoms. The van der Waals surface area contributed by atoms with E-state index < -0.39 is 0 Å². The van der Waals surface area contributed by atoms with Crippen LogP contribution in [0.1, 0.15) is 42.5 Å². The minimum atomic E-state index is -0.328. The van der Waals surface area contributed by atoms with E-state index in [1.165, 1.54) is 6.07 Å². The molecule has 3 atom stereocenters. The summed E-state index contributed by atoms with van der Waals surface area (Å²) in [6, 6.07) is 4.65. The van der Waals surface area contributed by atoms with Gasteiger partial charge in [-0.05, 0) is 31.4 Å². The Morgan fingerprint density at radius 3 is 3.04 bits per heavy atom. The van der Waals surface area contributed by atoms with Crippen molar-refractivity contribution in [2.24, 2.45) is 5.92 Å². The molecular formula is C16H17ClFN5O. The van der Waals surface area contributed by atoms with Crippen LogP contribution in [0.4, 0.5) is 4.39 Å². The maximum absolute atomic E-state index is 14.0. The van der Waals surface area contributed by atoms with Gasteiger partial charge in [-0.25, -0.2) is 4.39 Å². The topological polar surface area (TPSA) is 74.8 Å². The SMILES string of the molecule is O=C([C@@H]1C[C@@H]1c1c(F)cccc1Cl)N1CCC[C@H](c2nn[nH]n2)C1. The molecule has 1 aliphatic carbocycles. The summed E-state index contributed by atoms with van der Waals surface area (Å²) in [6.07, 6.45) is 2.50. The summed E-state index contributed by atoms with van der Waals surface area (Å²) in [6.45, 7) is 1.31. The molecule has 0 spiro atoms. The van der Waals surface area contributed by atoms with Crippen molar-refractivity contribution < 1.29 is 9.18 Å². The molecule has 0 unspecified atom stereocenters. The number of likely N-dealkylation sites (tertiary alicyclic amines) is 1. The van der Waals surface area contributed by atoms with Crippen molar-refractivity contribution in [1.82, 2.24) is 25.5 Å². The van der Waals surface area contributed by atoms with Crippen LogP contribution in [-0.2, 0) is 4.79 Å². The molecule has 1 saturated carbocycles. The van der Waals surface area contributed by atoms with Crippen molar-refractivity contribution in [1.29, 1.82) is 0 Å². The number of rotatable bonds is 3. The molecule has 1 aliphatic heterocycles. The zero-order valence-electron chi connectivity index (χ0n) is 13.0. The number of carbonyl (C=O) groups is 1. The van der Waals surface area contributed by atoms with Crippen LogP contribution in [0.5, 0.6) is 0 Å². The second-order valence-corrected chi connectivity index (χ2v) is 6.88. The van der Waals surface area contributed by atoms with E-state index in [-0.39, 0.29) is 29.5 Å². The lowest BCUT2D eigenvalue weighted by Gasteiger charge is -2.31. The number of nitrogens with zero attached hydrogens (tertiary/aromatic N) is 4. The summed E-state index contributed by atoms with van der Waals surface area (Å²) in [5.41, 5.74) is 0.476. The number of carbonyl (C=O) groups excluding carboxylic acids is 1. The second-order valence-electron chi connectivity index (χ2n) is 6.48. The summed E-state index contributed by atoms with van der Waals surface area (Å²) in [5.74, 6) is 0.214. The highest BCUT2D eigenvalue weighted by atomic mass is 35.5. The number of amides is 1. The highest BCUT2D eigenvalue weighted by Crippen LogP contribution is 2.51. The molecule has 4 rings (SSSR count). The van der Waals surface area contributed by atoms with Crippen LogP contribution in [-0.4, -0.2) is 44.5 Å². The predicted octanol–water partition coefficient (Wildman–Crippen LogP) is 2.50. The summed E-state index contributed by atoms with van der Waals surface area (Å²) in [4.78, 5) is 14.6. The van der Waals surface area contributed by atoms with Crippen LogP contribution in [0.2, 0.25) is 5.02 Å². The maximum Gasteiger partial charge on any atom is 0.226 e. The number of H-pyrrole nitrogens is 1. The fraction of sp³-hybridized carbons (Fsp3) is 0.500. The minimum absolute atomic E-state index is 0.0764. The van der Waals surface area contributed by atoms with E-state index in [2.05, 4.69) is 20.6 Å². The lowest BCUT2D eigenvalue weighted by Crippen LogP contribution is -2.40. The molecule has 1 aromatic heterocycles. The van der Waals surface area contributed by atoms with Crippen molar-refractivity contribution in [3.8, 4) is 0 Å². The van der Waals surface area contributed by atoms with Gasteiger partial charge in [0.25, 0.3) is 0 Å². The second kappa shape index (κ2) is 6.12. The smallest absolute Gasteiger partial charge is 0.226 e. The first kappa shape index (κ1) is 15.5. The zero-order valence-corrected chi connectivity index (χ0v) is 13.7. The number of tetrazole rings is 1. The first-order chi connectivity index (χ1) is 11.6. The van der Waals surface area contributed by atoms with Crippen LogP contribution >= 0.6 is 11.6 Å². The fourth-order valence-corrected chi connectivity index (χ4v) is 3.92. The molecule has 1 aromatic carbocycles. The lowest BCUT2D eigenvalue weighted by atomic mass is 9.97. The molecule has 0 radical (unpaired) electrons. The first-order valence-electron chi connectivity index (χ1n) is 8.11. The molecule has 0 bridgehead atoms. The van der Waals surface area contributed by atoms with E-state index in [0.717, 1.165) is 19.4 Å². The highest BCUT2D eigenvalue weighted by Gasteiger charge is 2.48. The standard InChI is InChI=1S/C16H17ClFN5O/c17-12-4-1-5-13(18)14(12)10-7-11(10)16(24)23-6-2-3-9(8-23)15-19-21-22-20-15/h1,4-5,9-11H,2-3,6-8H2,(H,19,20,21,22)/t9-,10-,11+/m0/s1. The Hall–Kier alpha value is -2.02. The van der Waals surface area contributed by atoms with Gasteiger partial charge in [0.05, 0.1) is 0 Å². The van der Waals surface area contributed by atoms with Gasteiger partial charge in [-0.1, -0.05) is 22.9 Å². The lowest BCUT2D eigenvalue weighted by molar-refractivity contribution is -0.133. The molecule has 126 valence electrons. The van der Waals surface area contributed by atoms with Crippen molar-refractivity contribution in [2.45, 2.75) is 31.1 Å². The van der Waals surface area contributed by atoms with Crippen molar-refractivity contribution >= 4 is 17.5 Å². The van der Waals surface area contributed by atoms with Crippen LogP contribution in [0, 0.1) is 11.7 Å². The van der Waals surface area contributed by atoms with Crippen LogP contribution in [0.3, 0.4) is 0 Å². The van der Waals surface area contributed by atoms with Crippen molar-refractivity contribution in [2.75, 3.05) is 13.1 Å². The number of piperidine rings is 1. The van der Waals surface area contributed by atoms with Crippen molar-refractivity contribution in [3.05, 3.63) is 40.4 Å². The quantitative estimate of drug-likeness (QED) is 0.923. The molecule has 6 nitrogen and oxygen atoms in total. The van der Waals surface area contributed by atoms with Gasteiger partial charge in [0, 0.05) is 41.4 Å². The Labute approximate surface area is 143 Å². The zero-order chi connectivity index (χ0) is 16.7. The Morgan fingerprint density at radius 2 is 2.29 bits per heavy atom. The molecule has 1 amide bonds. The van der Waals surface area contributed by atoms with Crippen LogP contribution in [0.15, 0.2) is 18.2 Å². The van der Waals surface area contributed by atoms with E-state index in [1.54, 1.807) is 12.1 Å². The Balaban J connectivity index is 1.45. The number of hydrogen-bond donors (Lipinski definition) is 1. The number of nitrogens with one attached hydrogen (secondary N) is 1. The molecule has 2 aliphatic rings. The van der Waals surface area contributed by atoms with Gasteiger partial charge in [-0.2, -0.15) is 5.21 Å². The Morgan fingerprint density at radius 1 is 1.42 bits per heavy atom. The fourth-order valence-electron chi connectivity index (χ4n) is 3.62. The van der Waals surface area contributed by atoms with E-state index >= 15 is 0 Å². The van der Waals surface area contributed by atoms with Crippen LogP contribution in [0.25, 0.3) is 0 Å². The van der Waals surface area contributed by atoms with Gasteiger partial charge in [0.1, 0.15) is 5.82 Å². The van der Waals surface area contributed by atoms with Crippen molar-refractivity contribution in [3.63, 3.8) is 0 Å². The van der Waals surface area contributed by atoms with E-state index in [9.17, 15) is 9.18 Å². The third kappa shape index (κ3) is 2.77. The predicted molar refractivity (Wildman–Crippen MR) is 85.0 cm³/mol. The van der Waals surface area contributed by atoms with Gasteiger partial charge in [-0.3, -0.25) is 4.79 Å². The molecule has 2 aromatic rings. The Bertz CT molecular complexity index is 733. The minimum Gasteiger partial charge on any atom is -0.342 e. The van der Waals surface area contributed by atoms with E-state index in [0.29, 0.717) is 29.4 Å². The average molecular weight is 350 g/mol. The molecule has 1 N–H and O–H groups in total. The van der Waals surface area contributed by atoms with E-state index in [1.807, 2.05) is 4.90 Å². The number of hydrogen-bond acceptors (Lipinski definition) is 4. The van der Waals surface area contributed by atoms with Crippen LogP contribution < -0.4 is 0 Å². The van der Waals surface area contributed by atoms with Gasteiger partial charge in [-0.15, -0.1) is 10.2 Å². The Kier molecular flexibility index (Phi) is 3.96. The largest absolute Gasteiger partial charge is 0.342 e. The summed E-state index contributed by atoms with van der Waals surface area (Å²) >= 11 is 6.12.